The molecule has 5 unspecified atom stereocenters. The third-order valence-electron chi connectivity index (χ3n) is 7.91. The molecule has 3 aliphatic carbocycles. The number of aromatic nitrogens is 2. The zero-order chi connectivity index (χ0) is 22.5. The van der Waals surface area contributed by atoms with Crippen molar-refractivity contribution in [3.05, 3.63) is 35.8 Å². The maximum Gasteiger partial charge on any atom is 0.271 e. The Morgan fingerprint density at radius 1 is 1.12 bits per heavy atom. The monoisotopic (exact) mass is 437 g/mol. The lowest BCUT2D eigenvalue weighted by Crippen LogP contribution is -2.38. The number of nitrogens with two attached hydrogens (primary N) is 1. The topological polar surface area (TPSA) is 119 Å². The van der Waals surface area contributed by atoms with Crippen LogP contribution in [0.25, 0.3) is 5.65 Å². The van der Waals surface area contributed by atoms with Crippen LogP contribution in [0.3, 0.4) is 0 Å². The van der Waals surface area contributed by atoms with E-state index in [1.165, 1.54) is 32.1 Å². The lowest BCUT2D eigenvalue weighted by atomic mass is 9.63. The van der Waals surface area contributed by atoms with Crippen LogP contribution in [-0.4, -0.2) is 40.2 Å². The molecule has 32 heavy (non-hydrogen) atoms. The second kappa shape index (κ2) is 7.90. The smallest absolute Gasteiger partial charge is 0.271 e. The van der Waals surface area contributed by atoms with E-state index in [-0.39, 0.29) is 30.0 Å². The zero-order valence-corrected chi connectivity index (χ0v) is 18.5. The Labute approximate surface area is 187 Å². The molecule has 3 amide bonds. The Hall–Kier alpha value is -2.90. The molecule has 0 radical (unpaired) electrons. The van der Waals surface area contributed by atoms with Crippen LogP contribution < -0.4 is 16.4 Å². The molecule has 0 aromatic carbocycles. The molecule has 2 heterocycles. The number of rotatable bonds is 7. The van der Waals surface area contributed by atoms with Crippen LogP contribution in [-0.2, 0) is 4.79 Å². The lowest BCUT2D eigenvalue weighted by Gasteiger charge is -2.42. The molecule has 3 fully saturated rings. The van der Waals surface area contributed by atoms with Gasteiger partial charge in [0, 0.05) is 25.7 Å². The summed E-state index contributed by atoms with van der Waals surface area (Å²) in [5.41, 5.74) is 6.52. The maximum atomic E-state index is 13.1. The number of hydrogen-bond donors (Lipinski definition) is 3. The fourth-order valence-electron chi connectivity index (χ4n) is 6.68. The Balaban J connectivity index is 1.29. The highest BCUT2D eigenvalue weighted by Crippen LogP contribution is 2.64. The molecular weight excluding hydrogens is 406 g/mol. The lowest BCUT2D eigenvalue weighted by molar-refractivity contribution is -0.117. The number of imidazole rings is 1. The van der Waals surface area contributed by atoms with Crippen LogP contribution in [0.5, 0.6) is 0 Å². The average molecular weight is 438 g/mol. The van der Waals surface area contributed by atoms with Gasteiger partial charge in [-0.2, -0.15) is 0 Å². The van der Waals surface area contributed by atoms with E-state index in [0.29, 0.717) is 17.9 Å². The van der Waals surface area contributed by atoms with Crippen molar-refractivity contribution in [2.24, 2.45) is 34.8 Å². The second-order valence-corrected chi connectivity index (χ2v) is 10.3. The summed E-state index contributed by atoms with van der Waals surface area (Å²) in [5, 5.41) is 5.84. The van der Waals surface area contributed by atoms with Gasteiger partial charge in [-0.3, -0.25) is 18.8 Å². The minimum absolute atomic E-state index is 0.0651. The van der Waals surface area contributed by atoms with Crippen molar-refractivity contribution in [3.8, 4) is 0 Å². The van der Waals surface area contributed by atoms with Gasteiger partial charge in [0.05, 0.1) is 0 Å². The quantitative estimate of drug-likeness (QED) is 0.615. The molecule has 0 saturated heterocycles. The van der Waals surface area contributed by atoms with Gasteiger partial charge in [0.1, 0.15) is 17.0 Å². The van der Waals surface area contributed by atoms with Crippen LogP contribution in [0, 0.1) is 29.1 Å². The summed E-state index contributed by atoms with van der Waals surface area (Å²) in [4.78, 5) is 40.7. The van der Waals surface area contributed by atoms with Gasteiger partial charge >= 0.3 is 0 Å². The van der Waals surface area contributed by atoms with E-state index in [2.05, 4.69) is 22.5 Å². The van der Waals surface area contributed by atoms with E-state index >= 15 is 0 Å². The van der Waals surface area contributed by atoms with Gasteiger partial charge in [-0.15, -0.1) is 0 Å². The number of fused-ring (bicyclic) bond motifs is 2. The summed E-state index contributed by atoms with van der Waals surface area (Å²) in [6, 6.07) is 5.29. The van der Waals surface area contributed by atoms with E-state index < -0.39 is 11.8 Å². The van der Waals surface area contributed by atoms with Crippen molar-refractivity contribution in [3.63, 3.8) is 0 Å². The molecule has 4 N–H and O–H groups in total. The van der Waals surface area contributed by atoms with Crippen molar-refractivity contribution >= 4 is 23.4 Å². The maximum absolute atomic E-state index is 13.1. The normalized spacial score (nSPS) is 30.4. The van der Waals surface area contributed by atoms with E-state index in [0.717, 1.165) is 23.7 Å². The Bertz CT molecular complexity index is 1070. The van der Waals surface area contributed by atoms with Crippen molar-refractivity contribution in [1.82, 2.24) is 20.0 Å². The summed E-state index contributed by atoms with van der Waals surface area (Å²) >= 11 is 0. The molecular formula is C24H31N5O3. The number of nitrogens with zero attached hydrogens (tertiary/aromatic N) is 2. The molecule has 8 heteroatoms. The summed E-state index contributed by atoms with van der Waals surface area (Å²) in [6.45, 7) is 3.22. The summed E-state index contributed by atoms with van der Waals surface area (Å²) in [6.07, 6.45) is 8.04. The second-order valence-electron chi connectivity index (χ2n) is 10.3. The van der Waals surface area contributed by atoms with Gasteiger partial charge in [0.15, 0.2) is 0 Å². The minimum atomic E-state index is -0.479. The van der Waals surface area contributed by atoms with Gasteiger partial charge in [-0.1, -0.05) is 13.0 Å². The van der Waals surface area contributed by atoms with Gasteiger partial charge in [-0.05, 0) is 73.3 Å². The van der Waals surface area contributed by atoms with Crippen LogP contribution in [0.15, 0.2) is 24.4 Å². The Morgan fingerprint density at radius 3 is 2.78 bits per heavy atom. The highest BCUT2D eigenvalue weighted by Gasteiger charge is 2.56. The summed E-state index contributed by atoms with van der Waals surface area (Å²) in [5.74, 6) is 2.33. The molecule has 3 saturated carbocycles. The van der Waals surface area contributed by atoms with E-state index in [1.807, 2.05) is 0 Å². The van der Waals surface area contributed by atoms with E-state index in [9.17, 15) is 14.4 Å². The number of amides is 3. The van der Waals surface area contributed by atoms with Gasteiger partial charge in [0.25, 0.3) is 11.8 Å². The van der Waals surface area contributed by atoms with Crippen LogP contribution in [0.2, 0.25) is 0 Å². The molecule has 5 rings (SSSR count). The molecule has 3 aliphatic rings. The molecule has 8 nitrogen and oxygen atoms in total. The summed E-state index contributed by atoms with van der Waals surface area (Å²) in [7, 11) is 0. The van der Waals surface area contributed by atoms with E-state index in [4.69, 9.17) is 5.73 Å². The minimum Gasteiger partial charge on any atom is -0.370 e. The summed E-state index contributed by atoms with van der Waals surface area (Å²) < 4.78 is 1.65. The third-order valence-corrected chi connectivity index (χ3v) is 7.91. The predicted octanol–water partition coefficient (Wildman–Crippen LogP) is 2.13. The van der Waals surface area contributed by atoms with Crippen molar-refractivity contribution in [2.45, 2.75) is 45.4 Å². The fraction of sp³-hybridized carbons (Fsp3) is 0.583. The molecule has 2 aromatic rings. The number of hydrogen-bond acceptors (Lipinski definition) is 4. The number of nitrogens with one attached hydrogen (secondary N) is 2. The highest BCUT2D eigenvalue weighted by molar-refractivity contribution is 5.95. The fourth-order valence-corrected chi connectivity index (χ4v) is 6.68. The van der Waals surface area contributed by atoms with Crippen LogP contribution in [0.4, 0.5) is 0 Å². The first-order valence-electron chi connectivity index (χ1n) is 11.7. The Kier molecular flexibility index (Phi) is 5.18. The van der Waals surface area contributed by atoms with Gasteiger partial charge < -0.3 is 16.4 Å². The first kappa shape index (κ1) is 21.0. The first-order chi connectivity index (χ1) is 15.3. The number of pyridine rings is 1. The van der Waals surface area contributed by atoms with E-state index in [1.54, 1.807) is 28.8 Å². The van der Waals surface area contributed by atoms with Gasteiger partial charge in [-0.25, -0.2) is 4.98 Å². The molecule has 170 valence electrons. The predicted molar refractivity (Wildman–Crippen MR) is 119 cm³/mol. The standard InChI is InChI=1S/C24H31N5O3/c1-14-7-15-8-16-10-24(9-14,11-17(15)16)13-27-23(32)19-3-2-4-21-28-18(12-29(19)21)22(31)26-6-5-20(25)30/h2-4,12,14-17H,5-11,13H2,1H3,(H2,25,30)(H,26,31)(H,27,32). The van der Waals surface area contributed by atoms with Crippen molar-refractivity contribution < 1.29 is 14.4 Å². The van der Waals surface area contributed by atoms with Crippen LogP contribution in [0.1, 0.15) is 66.4 Å². The number of primary amides is 1. The van der Waals surface area contributed by atoms with Crippen LogP contribution >= 0.6 is 0 Å². The highest BCUT2D eigenvalue weighted by atomic mass is 16.2. The molecule has 2 bridgehead atoms. The van der Waals surface area contributed by atoms with Gasteiger partial charge in [0.2, 0.25) is 5.91 Å². The average Bonchev–Trinajstić information content (AvgIpc) is 3.26. The molecule has 5 atom stereocenters. The molecule has 2 aromatic heterocycles. The zero-order valence-electron chi connectivity index (χ0n) is 18.5. The third kappa shape index (κ3) is 3.76. The Morgan fingerprint density at radius 2 is 1.97 bits per heavy atom. The molecule has 0 spiro atoms. The largest absolute Gasteiger partial charge is 0.370 e. The van der Waals surface area contributed by atoms with Crippen molar-refractivity contribution in [2.75, 3.05) is 13.1 Å². The van der Waals surface area contributed by atoms with Crippen molar-refractivity contribution in [1.29, 1.82) is 0 Å². The number of carbonyl (C=O) groups excluding carboxylic acids is 3. The molecule has 0 aliphatic heterocycles. The first-order valence-corrected chi connectivity index (χ1v) is 11.7. The number of carbonyl (C=O) groups is 3. The SMILES string of the molecule is CC1CC2CC3CC(CNC(=O)c4cccc5nc(C(=O)NCCC(N)=O)cn45)(C1)CC23.